The highest BCUT2D eigenvalue weighted by atomic mass is 16.7. The number of benzene rings is 2. The highest BCUT2D eigenvalue weighted by Gasteiger charge is 2.34. The molecule has 2 N–H and O–H groups in total. The summed E-state index contributed by atoms with van der Waals surface area (Å²) in [6.07, 6.45) is 6.02. The maximum Gasteiger partial charge on any atom is 0.247 e. The van der Waals surface area contributed by atoms with Crippen LogP contribution in [0.1, 0.15) is 76.5 Å². The Bertz CT molecular complexity index is 1040. The first kappa shape index (κ1) is 24.9. The molecule has 0 saturated heterocycles. The van der Waals surface area contributed by atoms with Crippen molar-refractivity contribution in [1.29, 1.82) is 0 Å². The summed E-state index contributed by atoms with van der Waals surface area (Å²) in [7, 11) is 0. The third-order valence-corrected chi connectivity index (χ3v) is 6.62. The Kier molecular flexibility index (Phi) is 7.53. The van der Waals surface area contributed by atoms with Crippen molar-refractivity contribution in [2.45, 2.75) is 77.4 Å². The van der Waals surface area contributed by atoms with Crippen molar-refractivity contribution < 1.29 is 24.2 Å². The van der Waals surface area contributed by atoms with E-state index in [2.05, 4.69) is 5.32 Å². The molecule has 7 nitrogen and oxygen atoms in total. The molecule has 1 aliphatic carbocycles. The van der Waals surface area contributed by atoms with E-state index in [1.54, 1.807) is 29.2 Å². The molecule has 1 saturated carbocycles. The van der Waals surface area contributed by atoms with Gasteiger partial charge in [-0.15, -0.1) is 0 Å². The smallest absolute Gasteiger partial charge is 0.247 e. The van der Waals surface area contributed by atoms with E-state index >= 15 is 0 Å². The zero-order valence-corrected chi connectivity index (χ0v) is 20.9. The lowest BCUT2D eigenvalue weighted by atomic mass is 9.98. The average molecular weight is 481 g/mol. The van der Waals surface area contributed by atoms with Gasteiger partial charge >= 0.3 is 0 Å². The van der Waals surface area contributed by atoms with Gasteiger partial charge in [-0.25, -0.2) is 0 Å². The zero-order chi connectivity index (χ0) is 25.0. The maximum absolute atomic E-state index is 13.7. The van der Waals surface area contributed by atoms with Gasteiger partial charge < -0.3 is 24.8 Å². The average Bonchev–Trinajstić information content (AvgIpc) is 3.48. The van der Waals surface area contributed by atoms with Gasteiger partial charge in [-0.05, 0) is 68.5 Å². The van der Waals surface area contributed by atoms with E-state index in [9.17, 15) is 14.7 Å². The van der Waals surface area contributed by atoms with E-state index in [0.717, 1.165) is 12.0 Å². The molecule has 2 aliphatic rings. The second kappa shape index (κ2) is 10.6. The minimum atomic E-state index is -0.837. The summed E-state index contributed by atoms with van der Waals surface area (Å²) in [6.45, 7) is 6.19. The Balaban J connectivity index is 1.66. The molecule has 2 aromatic rings. The summed E-state index contributed by atoms with van der Waals surface area (Å²) in [5.41, 5.74) is 1.04. The Labute approximate surface area is 207 Å². The van der Waals surface area contributed by atoms with Crippen molar-refractivity contribution in [2.75, 3.05) is 6.79 Å². The number of amides is 2. The molecule has 1 fully saturated rings. The monoisotopic (exact) mass is 480 g/mol. The molecule has 0 spiro atoms. The van der Waals surface area contributed by atoms with Crippen LogP contribution in [-0.4, -0.2) is 34.2 Å². The molecule has 1 unspecified atom stereocenters. The second-order valence-corrected chi connectivity index (χ2v) is 10.6. The van der Waals surface area contributed by atoms with E-state index in [-0.39, 0.29) is 30.9 Å². The van der Waals surface area contributed by atoms with Crippen LogP contribution in [0.15, 0.2) is 42.5 Å². The number of phenols is 1. The molecule has 1 aliphatic heterocycles. The van der Waals surface area contributed by atoms with Crippen LogP contribution in [0.5, 0.6) is 17.2 Å². The number of hydrogen-bond donors (Lipinski definition) is 2. The third-order valence-electron chi connectivity index (χ3n) is 6.62. The highest BCUT2D eigenvalue weighted by molar-refractivity contribution is 5.89. The summed E-state index contributed by atoms with van der Waals surface area (Å²) in [4.78, 5) is 29.0. The number of nitrogens with zero attached hydrogens (tertiary/aromatic N) is 1. The maximum atomic E-state index is 13.7. The van der Waals surface area contributed by atoms with Crippen LogP contribution in [0.25, 0.3) is 0 Å². The van der Waals surface area contributed by atoms with Gasteiger partial charge in [0.15, 0.2) is 11.5 Å². The molecule has 4 rings (SSSR count). The van der Waals surface area contributed by atoms with Crippen molar-refractivity contribution in [2.24, 2.45) is 5.92 Å². The first-order chi connectivity index (χ1) is 16.7. The topological polar surface area (TPSA) is 88.1 Å². The number of carbonyl (C=O) groups excluding carboxylic acids is 2. The molecule has 7 heteroatoms. The summed E-state index contributed by atoms with van der Waals surface area (Å²) in [6, 6.07) is 11.3. The predicted octanol–water partition coefficient (Wildman–Crippen LogP) is 5.08. The lowest BCUT2D eigenvalue weighted by Gasteiger charge is -2.34. The van der Waals surface area contributed by atoms with Gasteiger partial charge in [0, 0.05) is 18.5 Å². The quantitative estimate of drug-likeness (QED) is 0.550. The van der Waals surface area contributed by atoms with Crippen LogP contribution in [0.2, 0.25) is 0 Å². The molecular formula is C28H36N2O5. The van der Waals surface area contributed by atoms with E-state index in [1.165, 1.54) is 25.7 Å². The fraction of sp³-hybridized carbons (Fsp3) is 0.500. The van der Waals surface area contributed by atoms with Crippen LogP contribution >= 0.6 is 0 Å². The van der Waals surface area contributed by atoms with Crippen LogP contribution in [0, 0.1) is 5.92 Å². The number of rotatable bonds is 8. The van der Waals surface area contributed by atoms with Gasteiger partial charge in [0.25, 0.3) is 0 Å². The number of hydrogen-bond acceptors (Lipinski definition) is 5. The van der Waals surface area contributed by atoms with Crippen LogP contribution in [0.4, 0.5) is 0 Å². The highest BCUT2D eigenvalue weighted by Crippen LogP contribution is 2.35. The normalized spacial score (nSPS) is 16.2. The number of aromatic hydroxyl groups is 1. The molecule has 2 amide bonds. The predicted molar refractivity (Wildman–Crippen MR) is 133 cm³/mol. The molecular weight excluding hydrogens is 444 g/mol. The van der Waals surface area contributed by atoms with Crippen molar-refractivity contribution in [1.82, 2.24) is 10.2 Å². The largest absolute Gasteiger partial charge is 0.508 e. The van der Waals surface area contributed by atoms with E-state index in [4.69, 9.17) is 9.47 Å². The molecule has 0 aromatic heterocycles. The van der Waals surface area contributed by atoms with Crippen molar-refractivity contribution >= 4 is 11.8 Å². The Morgan fingerprint density at radius 1 is 1.06 bits per heavy atom. The van der Waals surface area contributed by atoms with Gasteiger partial charge in [0.1, 0.15) is 11.8 Å². The van der Waals surface area contributed by atoms with Crippen LogP contribution in [-0.2, 0) is 16.1 Å². The molecule has 35 heavy (non-hydrogen) atoms. The van der Waals surface area contributed by atoms with Gasteiger partial charge in [-0.2, -0.15) is 0 Å². The van der Waals surface area contributed by atoms with Crippen molar-refractivity contribution in [3.8, 4) is 17.2 Å². The molecule has 0 radical (unpaired) electrons. The fourth-order valence-corrected chi connectivity index (χ4v) is 4.90. The SMILES string of the molecule is CC(C)(C)NC(=O)C(c1ccc(O)cc1)N(Cc1ccc2c(c1)OCO2)C(=O)CCC1CCCC1. The van der Waals surface area contributed by atoms with Gasteiger partial charge in [0.05, 0.1) is 0 Å². The van der Waals surface area contributed by atoms with Gasteiger partial charge in [-0.1, -0.05) is 43.9 Å². The lowest BCUT2D eigenvalue weighted by molar-refractivity contribution is -0.142. The summed E-state index contributed by atoms with van der Waals surface area (Å²) in [5.74, 6) is 1.69. The zero-order valence-electron chi connectivity index (χ0n) is 20.9. The summed E-state index contributed by atoms with van der Waals surface area (Å²) < 4.78 is 11.0. The Morgan fingerprint density at radius 3 is 2.43 bits per heavy atom. The number of ether oxygens (including phenoxy) is 2. The fourth-order valence-electron chi connectivity index (χ4n) is 4.90. The number of carbonyl (C=O) groups is 2. The van der Waals surface area contributed by atoms with E-state index in [1.807, 2.05) is 39.0 Å². The number of nitrogens with one attached hydrogen (secondary N) is 1. The summed E-state index contributed by atoms with van der Waals surface area (Å²) >= 11 is 0. The molecule has 1 heterocycles. The first-order valence-electron chi connectivity index (χ1n) is 12.5. The first-order valence-corrected chi connectivity index (χ1v) is 12.5. The Hall–Kier alpha value is -3.22. The van der Waals surface area contributed by atoms with Crippen molar-refractivity contribution in [3.63, 3.8) is 0 Å². The van der Waals surface area contributed by atoms with Crippen molar-refractivity contribution in [3.05, 3.63) is 53.6 Å². The van der Waals surface area contributed by atoms with Crippen LogP contribution < -0.4 is 14.8 Å². The minimum Gasteiger partial charge on any atom is -0.508 e. The van der Waals surface area contributed by atoms with E-state index < -0.39 is 11.6 Å². The van der Waals surface area contributed by atoms with Crippen LogP contribution in [0.3, 0.4) is 0 Å². The molecule has 1 atom stereocenters. The standard InChI is InChI=1S/C28H36N2O5/c1-28(2,3)29-27(33)26(21-10-12-22(31)13-11-21)30(25(32)15-9-19-6-4-5-7-19)17-20-8-14-23-24(16-20)35-18-34-23/h8,10-14,16,19,26,31H,4-7,9,15,17-18H2,1-3H3,(H,29,33). The minimum absolute atomic E-state index is 0.0586. The molecule has 0 bridgehead atoms. The third kappa shape index (κ3) is 6.47. The Morgan fingerprint density at radius 2 is 1.74 bits per heavy atom. The second-order valence-electron chi connectivity index (χ2n) is 10.6. The number of phenolic OH excluding ortho intramolecular Hbond substituents is 1. The van der Waals surface area contributed by atoms with E-state index in [0.29, 0.717) is 29.4 Å². The number of fused-ring (bicyclic) bond motifs is 1. The molecule has 188 valence electrons. The summed E-state index contributed by atoms with van der Waals surface area (Å²) in [5, 5.41) is 12.9. The lowest BCUT2D eigenvalue weighted by Crippen LogP contribution is -2.49. The van der Waals surface area contributed by atoms with Gasteiger partial charge in [0.2, 0.25) is 18.6 Å². The van der Waals surface area contributed by atoms with Gasteiger partial charge in [-0.3, -0.25) is 9.59 Å². The molecule has 2 aromatic carbocycles.